The summed E-state index contributed by atoms with van der Waals surface area (Å²) in [6.07, 6.45) is 0. The smallest absolute Gasteiger partial charge is 0.193 e. The first kappa shape index (κ1) is 14.6. The molecule has 0 aliphatic carbocycles. The highest BCUT2D eigenvalue weighted by atomic mass is 35.5. The SMILES string of the molecule is Cc1cc(O)c(C(C)C)cc1C(=O)c1ccc(Cl)cc1. The van der Waals surface area contributed by atoms with Crippen LogP contribution in [0, 0.1) is 6.92 Å². The molecule has 0 fully saturated rings. The van der Waals surface area contributed by atoms with Crippen molar-refractivity contribution < 1.29 is 9.90 Å². The van der Waals surface area contributed by atoms with Gasteiger partial charge in [-0.2, -0.15) is 0 Å². The molecule has 0 bridgehead atoms. The third-order valence-corrected chi connectivity index (χ3v) is 3.60. The number of aryl methyl sites for hydroxylation is 1. The number of aromatic hydroxyl groups is 1. The minimum atomic E-state index is -0.0546. The number of hydrogen-bond donors (Lipinski definition) is 1. The number of ketones is 1. The van der Waals surface area contributed by atoms with Gasteiger partial charge in [-0.1, -0.05) is 25.4 Å². The Morgan fingerprint density at radius 3 is 2.30 bits per heavy atom. The van der Waals surface area contributed by atoms with Crippen LogP contribution in [0.5, 0.6) is 5.75 Å². The summed E-state index contributed by atoms with van der Waals surface area (Å²) >= 11 is 5.84. The highest BCUT2D eigenvalue weighted by Gasteiger charge is 2.16. The van der Waals surface area contributed by atoms with Crippen LogP contribution in [0.15, 0.2) is 36.4 Å². The van der Waals surface area contributed by atoms with Crippen LogP contribution in [-0.2, 0) is 0 Å². The van der Waals surface area contributed by atoms with E-state index in [1.165, 1.54) is 0 Å². The van der Waals surface area contributed by atoms with E-state index >= 15 is 0 Å². The van der Waals surface area contributed by atoms with Crippen molar-refractivity contribution in [2.45, 2.75) is 26.7 Å². The van der Waals surface area contributed by atoms with Gasteiger partial charge in [0.1, 0.15) is 5.75 Å². The van der Waals surface area contributed by atoms with E-state index in [1.54, 1.807) is 36.4 Å². The topological polar surface area (TPSA) is 37.3 Å². The van der Waals surface area contributed by atoms with Gasteiger partial charge < -0.3 is 5.11 Å². The largest absolute Gasteiger partial charge is 0.508 e. The van der Waals surface area contributed by atoms with Gasteiger partial charge in [0.05, 0.1) is 0 Å². The van der Waals surface area contributed by atoms with E-state index in [-0.39, 0.29) is 17.5 Å². The Hall–Kier alpha value is -1.80. The van der Waals surface area contributed by atoms with E-state index in [0.717, 1.165) is 11.1 Å². The maximum atomic E-state index is 12.5. The van der Waals surface area contributed by atoms with E-state index in [0.29, 0.717) is 16.1 Å². The average Bonchev–Trinajstić information content (AvgIpc) is 2.38. The van der Waals surface area contributed by atoms with E-state index in [2.05, 4.69) is 0 Å². The van der Waals surface area contributed by atoms with Gasteiger partial charge in [-0.15, -0.1) is 0 Å². The van der Waals surface area contributed by atoms with Crippen LogP contribution < -0.4 is 0 Å². The number of carbonyl (C=O) groups is 1. The number of phenolic OH excluding ortho intramolecular Hbond substituents is 1. The predicted molar refractivity (Wildman–Crippen MR) is 81.8 cm³/mol. The average molecular weight is 289 g/mol. The normalized spacial score (nSPS) is 10.8. The van der Waals surface area contributed by atoms with Gasteiger partial charge in [-0.3, -0.25) is 4.79 Å². The first-order valence-electron chi connectivity index (χ1n) is 6.54. The molecular weight excluding hydrogens is 272 g/mol. The summed E-state index contributed by atoms with van der Waals surface area (Å²) < 4.78 is 0. The molecule has 2 rings (SSSR count). The van der Waals surface area contributed by atoms with Crippen LogP contribution in [0.2, 0.25) is 5.02 Å². The summed E-state index contributed by atoms with van der Waals surface area (Å²) in [4.78, 5) is 12.5. The van der Waals surface area contributed by atoms with Crippen LogP contribution in [-0.4, -0.2) is 10.9 Å². The van der Waals surface area contributed by atoms with Gasteiger partial charge >= 0.3 is 0 Å². The quantitative estimate of drug-likeness (QED) is 0.831. The lowest BCUT2D eigenvalue weighted by molar-refractivity contribution is 0.103. The number of benzene rings is 2. The maximum absolute atomic E-state index is 12.5. The third kappa shape index (κ3) is 2.86. The number of hydrogen-bond acceptors (Lipinski definition) is 2. The monoisotopic (exact) mass is 288 g/mol. The molecular formula is C17H17ClO2. The molecule has 1 N–H and O–H groups in total. The summed E-state index contributed by atoms with van der Waals surface area (Å²) in [5.74, 6) is 0.346. The van der Waals surface area contributed by atoms with Crippen molar-refractivity contribution >= 4 is 17.4 Å². The van der Waals surface area contributed by atoms with Crippen LogP contribution in [0.4, 0.5) is 0 Å². The number of carbonyl (C=O) groups excluding carboxylic acids is 1. The molecule has 0 unspecified atom stereocenters. The van der Waals surface area contributed by atoms with Crippen LogP contribution in [0.3, 0.4) is 0 Å². The van der Waals surface area contributed by atoms with Crippen molar-refractivity contribution in [2.75, 3.05) is 0 Å². The first-order chi connectivity index (χ1) is 9.40. The molecule has 0 radical (unpaired) electrons. The number of phenols is 1. The second kappa shape index (κ2) is 5.68. The molecule has 3 heteroatoms. The minimum Gasteiger partial charge on any atom is -0.508 e. The lowest BCUT2D eigenvalue weighted by Crippen LogP contribution is -2.05. The molecule has 2 aromatic rings. The Morgan fingerprint density at radius 2 is 1.75 bits per heavy atom. The second-order valence-electron chi connectivity index (χ2n) is 5.22. The second-order valence-corrected chi connectivity index (χ2v) is 5.65. The number of halogens is 1. The summed E-state index contributed by atoms with van der Waals surface area (Å²) in [5.41, 5.74) is 2.77. The van der Waals surface area contributed by atoms with E-state index in [4.69, 9.17) is 11.6 Å². The van der Waals surface area contributed by atoms with Crippen molar-refractivity contribution in [3.63, 3.8) is 0 Å². The van der Waals surface area contributed by atoms with Crippen molar-refractivity contribution in [3.8, 4) is 5.75 Å². The van der Waals surface area contributed by atoms with Gasteiger partial charge in [-0.25, -0.2) is 0 Å². The summed E-state index contributed by atoms with van der Waals surface area (Å²) in [6, 6.07) is 10.3. The Labute approximate surface area is 124 Å². The fourth-order valence-corrected chi connectivity index (χ4v) is 2.30. The minimum absolute atomic E-state index is 0.0546. The maximum Gasteiger partial charge on any atom is 0.193 e. The Bertz CT molecular complexity index is 643. The molecule has 104 valence electrons. The molecule has 0 atom stereocenters. The standard InChI is InChI=1S/C17H17ClO2/c1-10(2)14-9-15(11(3)8-16(14)19)17(20)12-4-6-13(18)7-5-12/h4-10,19H,1-3H3. The van der Waals surface area contributed by atoms with Crippen molar-refractivity contribution in [1.29, 1.82) is 0 Å². The van der Waals surface area contributed by atoms with Crippen molar-refractivity contribution in [3.05, 3.63) is 63.7 Å². The van der Waals surface area contributed by atoms with E-state index < -0.39 is 0 Å². The molecule has 2 nitrogen and oxygen atoms in total. The highest BCUT2D eigenvalue weighted by Crippen LogP contribution is 2.29. The van der Waals surface area contributed by atoms with E-state index in [9.17, 15) is 9.90 Å². The van der Waals surface area contributed by atoms with Gasteiger partial charge in [0.25, 0.3) is 0 Å². The summed E-state index contributed by atoms with van der Waals surface area (Å²) in [5, 5.41) is 10.5. The predicted octanol–water partition coefficient (Wildman–Crippen LogP) is 4.71. The Morgan fingerprint density at radius 1 is 1.15 bits per heavy atom. The molecule has 2 aromatic carbocycles. The molecule has 0 saturated carbocycles. The van der Waals surface area contributed by atoms with Crippen LogP contribution in [0.1, 0.15) is 46.8 Å². The molecule has 0 heterocycles. The Kier molecular flexibility index (Phi) is 4.15. The molecule has 20 heavy (non-hydrogen) atoms. The van der Waals surface area contributed by atoms with Crippen LogP contribution in [0.25, 0.3) is 0 Å². The highest BCUT2D eigenvalue weighted by molar-refractivity contribution is 6.30. The zero-order valence-corrected chi connectivity index (χ0v) is 12.5. The van der Waals surface area contributed by atoms with Gasteiger partial charge in [0.15, 0.2) is 5.78 Å². The fraction of sp³-hybridized carbons (Fsp3) is 0.235. The van der Waals surface area contributed by atoms with Gasteiger partial charge in [0, 0.05) is 16.1 Å². The fourth-order valence-electron chi connectivity index (χ4n) is 2.17. The van der Waals surface area contributed by atoms with Gasteiger partial charge in [-0.05, 0) is 60.4 Å². The zero-order valence-electron chi connectivity index (χ0n) is 11.8. The van der Waals surface area contributed by atoms with E-state index in [1.807, 2.05) is 20.8 Å². The summed E-state index contributed by atoms with van der Waals surface area (Å²) in [7, 11) is 0. The molecule has 0 aromatic heterocycles. The lowest BCUT2D eigenvalue weighted by Gasteiger charge is -2.13. The zero-order chi connectivity index (χ0) is 14.9. The molecule has 0 saturated heterocycles. The molecule has 0 spiro atoms. The lowest BCUT2D eigenvalue weighted by atomic mass is 9.92. The number of rotatable bonds is 3. The molecule has 0 aliphatic heterocycles. The summed E-state index contributed by atoms with van der Waals surface area (Å²) in [6.45, 7) is 5.80. The van der Waals surface area contributed by atoms with Crippen molar-refractivity contribution in [2.24, 2.45) is 0 Å². The molecule has 0 aliphatic rings. The third-order valence-electron chi connectivity index (χ3n) is 3.35. The van der Waals surface area contributed by atoms with Crippen molar-refractivity contribution in [1.82, 2.24) is 0 Å². The van der Waals surface area contributed by atoms with Gasteiger partial charge in [0.2, 0.25) is 0 Å². The Balaban J connectivity index is 2.49. The molecule has 0 amide bonds. The van der Waals surface area contributed by atoms with Crippen LogP contribution >= 0.6 is 11.6 Å². The first-order valence-corrected chi connectivity index (χ1v) is 6.91.